The average Bonchev–Trinajstić information content (AvgIpc) is 2.65. The summed E-state index contributed by atoms with van der Waals surface area (Å²) >= 11 is 6.69. The van der Waals surface area contributed by atoms with E-state index in [1.54, 1.807) is 36.4 Å². The van der Waals surface area contributed by atoms with Crippen molar-refractivity contribution in [3.05, 3.63) is 57.0 Å². The van der Waals surface area contributed by atoms with Gasteiger partial charge in [-0.15, -0.1) is 0 Å². The van der Waals surface area contributed by atoms with Crippen molar-refractivity contribution < 1.29 is 19.1 Å². The summed E-state index contributed by atoms with van der Waals surface area (Å²) in [5.74, 6) is 0.902. The number of hydrazine groups is 1. The minimum Gasteiger partial charge on any atom is -0.494 e. The molecule has 150 valence electrons. The van der Waals surface area contributed by atoms with Crippen LogP contribution in [-0.4, -0.2) is 25.0 Å². The standard InChI is InChI=1S/C20H22Br2N2O4/c1-13(2)9-10-27-16-6-3-14(4-7-16)20(26)24-23-19(25)12-28-18-8-5-15(21)11-17(18)22/h3-8,11,13H,9-10,12H2,1-2H3,(H,23,25)(H,24,26). The Morgan fingerprint density at radius 1 is 1.00 bits per heavy atom. The van der Waals surface area contributed by atoms with E-state index in [4.69, 9.17) is 9.47 Å². The van der Waals surface area contributed by atoms with E-state index in [2.05, 4.69) is 56.6 Å². The van der Waals surface area contributed by atoms with Crippen LogP contribution < -0.4 is 20.3 Å². The van der Waals surface area contributed by atoms with Crippen molar-refractivity contribution >= 4 is 43.7 Å². The second-order valence-electron chi connectivity index (χ2n) is 6.42. The number of hydrogen-bond acceptors (Lipinski definition) is 4. The van der Waals surface area contributed by atoms with Gasteiger partial charge in [0.2, 0.25) is 0 Å². The highest BCUT2D eigenvalue weighted by molar-refractivity contribution is 9.11. The predicted molar refractivity (Wildman–Crippen MR) is 114 cm³/mol. The van der Waals surface area contributed by atoms with Crippen LogP contribution in [0.5, 0.6) is 11.5 Å². The molecule has 2 aromatic carbocycles. The Morgan fingerprint density at radius 3 is 2.36 bits per heavy atom. The molecule has 0 spiro atoms. The van der Waals surface area contributed by atoms with Gasteiger partial charge in [-0.3, -0.25) is 20.4 Å². The molecule has 28 heavy (non-hydrogen) atoms. The topological polar surface area (TPSA) is 76.7 Å². The van der Waals surface area contributed by atoms with E-state index in [0.29, 0.717) is 29.6 Å². The Kier molecular flexibility index (Phi) is 8.79. The third kappa shape index (κ3) is 7.52. The Morgan fingerprint density at radius 2 is 1.71 bits per heavy atom. The van der Waals surface area contributed by atoms with Crippen molar-refractivity contribution in [1.82, 2.24) is 10.9 Å². The first-order chi connectivity index (χ1) is 13.3. The molecule has 0 bridgehead atoms. The maximum Gasteiger partial charge on any atom is 0.276 e. The molecule has 2 amide bonds. The summed E-state index contributed by atoms with van der Waals surface area (Å²) in [5, 5.41) is 0. The first-order valence-corrected chi connectivity index (χ1v) is 10.3. The highest BCUT2D eigenvalue weighted by Gasteiger charge is 2.09. The van der Waals surface area contributed by atoms with Crippen molar-refractivity contribution in [3.8, 4) is 11.5 Å². The van der Waals surface area contributed by atoms with Crippen LogP contribution in [0.15, 0.2) is 51.4 Å². The molecule has 6 nitrogen and oxygen atoms in total. The van der Waals surface area contributed by atoms with Crippen LogP contribution in [0.2, 0.25) is 0 Å². The van der Waals surface area contributed by atoms with Gasteiger partial charge in [0.05, 0.1) is 11.1 Å². The number of amides is 2. The number of nitrogens with one attached hydrogen (secondary N) is 2. The maximum atomic E-state index is 12.1. The number of ether oxygens (including phenoxy) is 2. The first-order valence-electron chi connectivity index (χ1n) is 8.75. The summed E-state index contributed by atoms with van der Waals surface area (Å²) in [6.07, 6.45) is 0.965. The Hall–Kier alpha value is -2.06. The fraction of sp³-hybridized carbons (Fsp3) is 0.300. The van der Waals surface area contributed by atoms with E-state index in [-0.39, 0.29) is 6.61 Å². The van der Waals surface area contributed by atoms with Crippen molar-refractivity contribution in [2.45, 2.75) is 20.3 Å². The van der Waals surface area contributed by atoms with Crippen molar-refractivity contribution in [1.29, 1.82) is 0 Å². The molecule has 2 aromatic rings. The Bertz CT molecular complexity index is 810. The van der Waals surface area contributed by atoms with E-state index in [0.717, 1.165) is 15.4 Å². The van der Waals surface area contributed by atoms with Crippen LogP contribution >= 0.6 is 31.9 Å². The number of carbonyl (C=O) groups excluding carboxylic acids is 2. The van der Waals surface area contributed by atoms with Gasteiger partial charge in [0.25, 0.3) is 11.8 Å². The quantitative estimate of drug-likeness (QED) is 0.510. The van der Waals surface area contributed by atoms with Gasteiger partial charge in [-0.1, -0.05) is 29.8 Å². The molecule has 0 aromatic heterocycles. The fourth-order valence-corrected chi connectivity index (χ4v) is 3.25. The third-order valence-electron chi connectivity index (χ3n) is 3.65. The zero-order chi connectivity index (χ0) is 20.5. The molecule has 0 aliphatic heterocycles. The van der Waals surface area contributed by atoms with Gasteiger partial charge in [-0.05, 0) is 70.7 Å². The van der Waals surface area contributed by atoms with Crippen molar-refractivity contribution in [2.24, 2.45) is 5.92 Å². The molecular weight excluding hydrogens is 492 g/mol. The lowest BCUT2D eigenvalue weighted by Crippen LogP contribution is -2.43. The van der Waals surface area contributed by atoms with Gasteiger partial charge in [-0.2, -0.15) is 0 Å². The van der Waals surface area contributed by atoms with Gasteiger partial charge in [0.1, 0.15) is 11.5 Å². The van der Waals surface area contributed by atoms with E-state index in [9.17, 15) is 9.59 Å². The number of rotatable bonds is 8. The summed E-state index contributed by atoms with van der Waals surface area (Å²) in [6.45, 7) is 4.67. The molecule has 0 atom stereocenters. The van der Waals surface area contributed by atoms with Gasteiger partial charge in [-0.25, -0.2) is 0 Å². The lowest BCUT2D eigenvalue weighted by Gasteiger charge is -2.11. The summed E-state index contributed by atoms with van der Waals surface area (Å²) in [4.78, 5) is 24.0. The van der Waals surface area contributed by atoms with Crippen LogP contribution in [-0.2, 0) is 4.79 Å². The Labute approximate surface area is 181 Å². The molecule has 0 aliphatic rings. The molecule has 0 saturated heterocycles. The molecule has 8 heteroatoms. The van der Waals surface area contributed by atoms with E-state index < -0.39 is 11.8 Å². The summed E-state index contributed by atoms with van der Waals surface area (Å²) in [5.41, 5.74) is 5.09. The molecule has 0 aliphatic carbocycles. The van der Waals surface area contributed by atoms with Gasteiger partial charge in [0.15, 0.2) is 6.61 Å². The highest BCUT2D eigenvalue weighted by atomic mass is 79.9. The lowest BCUT2D eigenvalue weighted by molar-refractivity contribution is -0.123. The molecule has 0 radical (unpaired) electrons. The lowest BCUT2D eigenvalue weighted by atomic mass is 10.1. The van der Waals surface area contributed by atoms with Crippen LogP contribution in [0.25, 0.3) is 0 Å². The predicted octanol–water partition coefficient (Wildman–Crippen LogP) is 4.48. The van der Waals surface area contributed by atoms with E-state index in [1.807, 2.05) is 6.07 Å². The normalized spacial score (nSPS) is 10.5. The summed E-state index contributed by atoms with van der Waals surface area (Å²) < 4.78 is 12.6. The first kappa shape index (κ1) is 22.2. The molecular formula is C20H22Br2N2O4. The van der Waals surface area contributed by atoms with Gasteiger partial charge < -0.3 is 9.47 Å². The zero-order valence-corrected chi connectivity index (χ0v) is 18.8. The van der Waals surface area contributed by atoms with E-state index >= 15 is 0 Å². The van der Waals surface area contributed by atoms with Crippen molar-refractivity contribution in [3.63, 3.8) is 0 Å². The molecule has 0 unspecified atom stereocenters. The molecule has 0 heterocycles. The van der Waals surface area contributed by atoms with Crippen LogP contribution in [0.4, 0.5) is 0 Å². The summed E-state index contributed by atoms with van der Waals surface area (Å²) in [6, 6.07) is 12.1. The second-order valence-corrected chi connectivity index (χ2v) is 8.19. The van der Waals surface area contributed by atoms with Crippen molar-refractivity contribution in [2.75, 3.05) is 13.2 Å². The van der Waals surface area contributed by atoms with E-state index in [1.165, 1.54) is 0 Å². The Balaban J connectivity index is 1.75. The van der Waals surface area contributed by atoms with Crippen LogP contribution in [0, 0.1) is 5.92 Å². The van der Waals surface area contributed by atoms with Crippen LogP contribution in [0.3, 0.4) is 0 Å². The smallest absolute Gasteiger partial charge is 0.276 e. The largest absolute Gasteiger partial charge is 0.494 e. The number of halogens is 2. The van der Waals surface area contributed by atoms with Crippen LogP contribution in [0.1, 0.15) is 30.6 Å². The molecule has 2 rings (SSSR count). The minimum absolute atomic E-state index is 0.233. The molecule has 0 saturated carbocycles. The summed E-state index contributed by atoms with van der Waals surface area (Å²) in [7, 11) is 0. The fourth-order valence-electron chi connectivity index (χ4n) is 2.09. The second kappa shape index (κ2) is 11.1. The monoisotopic (exact) mass is 512 g/mol. The minimum atomic E-state index is -0.475. The van der Waals surface area contributed by atoms with Gasteiger partial charge >= 0.3 is 0 Å². The highest BCUT2D eigenvalue weighted by Crippen LogP contribution is 2.28. The molecule has 2 N–H and O–H groups in total. The number of benzene rings is 2. The third-order valence-corrected chi connectivity index (χ3v) is 4.76. The average molecular weight is 514 g/mol. The SMILES string of the molecule is CC(C)CCOc1ccc(C(=O)NNC(=O)COc2ccc(Br)cc2Br)cc1. The maximum absolute atomic E-state index is 12.1. The number of carbonyl (C=O) groups is 2. The number of hydrogen-bond donors (Lipinski definition) is 2. The molecule has 0 fully saturated rings. The van der Waals surface area contributed by atoms with Gasteiger partial charge in [0, 0.05) is 10.0 Å². The zero-order valence-electron chi connectivity index (χ0n) is 15.6.